The second-order valence-electron chi connectivity index (χ2n) is 3.58. The molecule has 0 bridgehead atoms. The summed E-state index contributed by atoms with van der Waals surface area (Å²) in [5, 5.41) is 2.55. The molecule has 0 aliphatic rings. The Morgan fingerprint density at radius 3 is 2.94 bits per heavy atom. The summed E-state index contributed by atoms with van der Waals surface area (Å²) in [5.41, 5.74) is 0.371. The van der Waals surface area contributed by atoms with Gasteiger partial charge in [-0.15, -0.1) is 0 Å². The first-order valence-corrected chi connectivity index (χ1v) is 5.84. The highest BCUT2D eigenvalue weighted by atomic mass is 35.5. The van der Waals surface area contributed by atoms with Crippen LogP contribution in [0.3, 0.4) is 0 Å². The van der Waals surface area contributed by atoms with Crippen LogP contribution in [0.25, 0.3) is 0 Å². The van der Waals surface area contributed by atoms with Crippen LogP contribution in [0.1, 0.15) is 19.8 Å². The summed E-state index contributed by atoms with van der Waals surface area (Å²) in [4.78, 5) is 11.4. The third-order valence-corrected chi connectivity index (χ3v) is 2.39. The number of ether oxygens (including phenoxy) is 1. The Labute approximate surface area is 105 Å². The summed E-state index contributed by atoms with van der Waals surface area (Å²) in [5.74, 6) is -0.862. The van der Waals surface area contributed by atoms with E-state index < -0.39 is 5.82 Å². The van der Waals surface area contributed by atoms with Gasteiger partial charge in [0.25, 0.3) is 0 Å². The van der Waals surface area contributed by atoms with E-state index in [-0.39, 0.29) is 17.5 Å². The average Bonchev–Trinajstić information content (AvgIpc) is 2.30. The van der Waals surface area contributed by atoms with Crippen LogP contribution >= 0.6 is 11.6 Å². The number of carbonyl (C=O) groups is 1. The van der Waals surface area contributed by atoms with Gasteiger partial charge < -0.3 is 10.1 Å². The highest BCUT2D eigenvalue weighted by Gasteiger charge is 2.05. The third kappa shape index (κ3) is 5.15. The Kier molecular flexibility index (Phi) is 5.94. The molecule has 0 saturated carbocycles. The van der Waals surface area contributed by atoms with Gasteiger partial charge in [0.1, 0.15) is 12.4 Å². The van der Waals surface area contributed by atoms with E-state index in [1.165, 1.54) is 18.2 Å². The second kappa shape index (κ2) is 7.25. The molecular weight excluding hydrogens is 245 g/mol. The van der Waals surface area contributed by atoms with Gasteiger partial charge in [0.2, 0.25) is 5.91 Å². The topological polar surface area (TPSA) is 38.3 Å². The molecule has 0 unspecified atom stereocenters. The number of carbonyl (C=O) groups excluding carboxylic acids is 1. The Morgan fingerprint density at radius 1 is 1.53 bits per heavy atom. The zero-order chi connectivity index (χ0) is 12.7. The molecule has 1 rings (SSSR count). The highest BCUT2D eigenvalue weighted by Crippen LogP contribution is 2.18. The van der Waals surface area contributed by atoms with Crippen LogP contribution in [-0.4, -0.2) is 19.1 Å². The maximum absolute atomic E-state index is 13.1. The monoisotopic (exact) mass is 259 g/mol. The molecule has 1 aromatic carbocycles. The normalized spacial score (nSPS) is 10.3. The number of hydrogen-bond acceptors (Lipinski definition) is 2. The van der Waals surface area contributed by atoms with Crippen LogP contribution < -0.4 is 5.32 Å². The quantitative estimate of drug-likeness (QED) is 0.797. The van der Waals surface area contributed by atoms with E-state index in [2.05, 4.69) is 5.32 Å². The van der Waals surface area contributed by atoms with Crippen molar-refractivity contribution in [2.45, 2.75) is 19.8 Å². The molecule has 1 amide bonds. The third-order valence-electron chi connectivity index (χ3n) is 2.08. The molecule has 1 aromatic rings. The number of anilines is 1. The Balaban J connectivity index is 2.37. The van der Waals surface area contributed by atoms with E-state index in [1.807, 2.05) is 6.92 Å². The van der Waals surface area contributed by atoms with Crippen LogP contribution in [-0.2, 0) is 9.53 Å². The van der Waals surface area contributed by atoms with Crippen molar-refractivity contribution < 1.29 is 13.9 Å². The fourth-order valence-corrected chi connectivity index (χ4v) is 1.30. The molecule has 0 spiro atoms. The number of nitrogens with one attached hydrogen (secondary N) is 1. The number of rotatable bonds is 6. The first kappa shape index (κ1) is 13.9. The van der Waals surface area contributed by atoms with Gasteiger partial charge in [0, 0.05) is 12.3 Å². The fraction of sp³-hybridized carbons (Fsp3) is 0.417. The van der Waals surface area contributed by atoms with Gasteiger partial charge in [0.05, 0.1) is 5.02 Å². The summed E-state index contributed by atoms with van der Waals surface area (Å²) in [6.07, 6.45) is 1.94. The van der Waals surface area contributed by atoms with Crippen molar-refractivity contribution in [1.29, 1.82) is 0 Å². The van der Waals surface area contributed by atoms with E-state index >= 15 is 0 Å². The van der Waals surface area contributed by atoms with Gasteiger partial charge >= 0.3 is 0 Å². The zero-order valence-corrected chi connectivity index (χ0v) is 10.4. The van der Waals surface area contributed by atoms with Crippen molar-refractivity contribution in [2.75, 3.05) is 18.5 Å². The van der Waals surface area contributed by atoms with Crippen molar-refractivity contribution in [2.24, 2.45) is 0 Å². The smallest absolute Gasteiger partial charge is 0.250 e. The first-order valence-electron chi connectivity index (χ1n) is 5.46. The molecular formula is C12H15ClFNO2. The van der Waals surface area contributed by atoms with Gasteiger partial charge in [0.15, 0.2) is 0 Å². The molecule has 1 N–H and O–H groups in total. The predicted molar refractivity (Wildman–Crippen MR) is 65.8 cm³/mol. The minimum Gasteiger partial charge on any atom is -0.372 e. The Bertz CT molecular complexity index is 385. The minimum absolute atomic E-state index is 0.0236. The van der Waals surface area contributed by atoms with Gasteiger partial charge in [-0.1, -0.05) is 24.9 Å². The van der Waals surface area contributed by atoms with Crippen molar-refractivity contribution in [3.63, 3.8) is 0 Å². The van der Waals surface area contributed by atoms with Crippen molar-refractivity contribution in [1.82, 2.24) is 0 Å². The SMILES string of the molecule is CCCCOCC(=O)Nc1ccc(Cl)c(F)c1. The van der Waals surface area contributed by atoms with Crippen LogP contribution in [0.5, 0.6) is 0 Å². The molecule has 5 heteroatoms. The largest absolute Gasteiger partial charge is 0.372 e. The molecule has 94 valence electrons. The second-order valence-corrected chi connectivity index (χ2v) is 3.99. The molecule has 0 aliphatic carbocycles. The molecule has 0 atom stereocenters. The van der Waals surface area contributed by atoms with E-state index in [4.69, 9.17) is 16.3 Å². The Morgan fingerprint density at radius 2 is 2.29 bits per heavy atom. The van der Waals surface area contributed by atoms with Crippen molar-refractivity contribution >= 4 is 23.2 Å². The van der Waals surface area contributed by atoms with E-state index in [0.717, 1.165) is 12.8 Å². The van der Waals surface area contributed by atoms with Crippen molar-refractivity contribution in [3.8, 4) is 0 Å². The summed E-state index contributed by atoms with van der Waals surface area (Å²) in [6, 6.07) is 4.10. The zero-order valence-electron chi connectivity index (χ0n) is 9.63. The summed E-state index contributed by atoms with van der Waals surface area (Å²) in [6.45, 7) is 2.57. The minimum atomic E-state index is -0.559. The van der Waals surface area contributed by atoms with Gasteiger partial charge in [-0.25, -0.2) is 4.39 Å². The van der Waals surface area contributed by atoms with E-state index in [0.29, 0.717) is 12.3 Å². The lowest BCUT2D eigenvalue weighted by atomic mass is 10.3. The predicted octanol–water partition coefficient (Wildman–Crippen LogP) is 3.23. The molecule has 0 aliphatic heterocycles. The van der Waals surface area contributed by atoms with Gasteiger partial charge in [-0.2, -0.15) is 0 Å². The molecule has 0 fully saturated rings. The Hall–Kier alpha value is -1.13. The summed E-state index contributed by atoms with van der Waals surface area (Å²) < 4.78 is 18.2. The van der Waals surface area contributed by atoms with E-state index in [9.17, 15) is 9.18 Å². The lowest BCUT2D eigenvalue weighted by Gasteiger charge is -2.06. The lowest BCUT2D eigenvalue weighted by Crippen LogP contribution is -2.18. The molecule has 0 saturated heterocycles. The number of amides is 1. The van der Waals surface area contributed by atoms with Crippen molar-refractivity contribution in [3.05, 3.63) is 29.0 Å². The maximum atomic E-state index is 13.1. The number of halogens is 2. The number of unbranched alkanes of at least 4 members (excludes halogenated alkanes) is 1. The van der Waals surface area contributed by atoms with Crippen LogP contribution in [0.15, 0.2) is 18.2 Å². The highest BCUT2D eigenvalue weighted by molar-refractivity contribution is 6.30. The number of benzene rings is 1. The van der Waals surface area contributed by atoms with Gasteiger partial charge in [-0.05, 0) is 24.6 Å². The van der Waals surface area contributed by atoms with Gasteiger partial charge in [-0.3, -0.25) is 4.79 Å². The fourth-order valence-electron chi connectivity index (χ4n) is 1.18. The standard InChI is InChI=1S/C12H15ClFNO2/c1-2-3-6-17-8-12(16)15-9-4-5-10(13)11(14)7-9/h4-5,7H,2-3,6,8H2,1H3,(H,15,16). The number of hydrogen-bond donors (Lipinski definition) is 1. The van der Waals surface area contributed by atoms with Crippen LogP contribution in [0, 0.1) is 5.82 Å². The first-order chi connectivity index (χ1) is 8.13. The molecule has 0 aromatic heterocycles. The molecule has 17 heavy (non-hydrogen) atoms. The average molecular weight is 260 g/mol. The summed E-state index contributed by atoms with van der Waals surface area (Å²) in [7, 11) is 0. The van der Waals surface area contributed by atoms with Crippen LogP contribution in [0.2, 0.25) is 5.02 Å². The summed E-state index contributed by atoms with van der Waals surface area (Å²) >= 11 is 5.52. The molecule has 0 heterocycles. The molecule has 0 radical (unpaired) electrons. The van der Waals surface area contributed by atoms with Crippen LogP contribution in [0.4, 0.5) is 10.1 Å². The molecule has 3 nitrogen and oxygen atoms in total. The maximum Gasteiger partial charge on any atom is 0.250 e. The lowest BCUT2D eigenvalue weighted by molar-refractivity contribution is -0.120. The van der Waals surface area contributed by atoms with E-state index in [1.54, 1.807) is 0 Å².